The Morgan fingerprint density at radius 1 is 1.38 bits per heavy atom. The van der Waals surface area contributed by atoms with Crippen LogP contribution in [0.4, 0.5) is 4.39 Å². The quantitative estimate of drug-likeness (QED) is 0.913. The van der Waals surface area contributed by atoms with Gasteiger partial charge < -0.3 is 4.52 Å². The molecule has 0 amide bonds. The Balaban J connectivity index is 2.04. The summed E-state index contributed by atoms with van der Waals surface area (Å²) < 4.78 is 44.6. The highest BCUT2D eigenvalue weighted by Gasteiger charge is 2.23. The largest absolute Gasteiger partial charge is 0.360 e. The van der Waals surface area contributed by atoms with Crippen LogP contribution in [0.3, 0.4) is 0 Å². The van der Waals surface area contributed by atoms with Gasteiger partial charge in [-0.05, 0) is 38.0 Å². The van der Waals surface area contributed by atoms with Gasteiger partial charge in [-0.25, -0.2) is 17.5 Å². The van der Waals surface area contributed by atoms with Crippen molar-refractivity contribution in [2.75, 3.05) is 6.54 Å². The minimum absolute atomic E-state index is 0.0149. The molecular weight excluding hydrogens is 319 g/mol. The molecule has 1 aromatic heterocycles. The Morgan fingerprint density at radius 3 is 2.67 bits per heavy atom. The SMILES string of the molecule is Cc1noc(C)c1S(=O)(=O)NCCc1ccc(F)c(Cl)c1. The third kappa shape index (κ3) is 3.61. The van der Waals surface area contributed by atoms with Gasteiger partial charge in [0.15, 0.2) is 5.76 Å². The van der Waals surface area contributed by atoms with Crippen LogP contribution in [0.2, 0.25) is 5.02 Å². The molecule has 8 heteroatoms. The van der Waals surface area contributed by atoms with Crippen molar-refractivity contribution in [2.24, 2.45) is 0 Å². The molecule has 21 heavy (non-hydrogen) atoms. The molecule has 0 aliphatic heterocycles. The third-order valence-corrected chi connectivity index (χ3v) is 4.92. The van der Waals surface area contributed by atoms with Crippen LogP contribution in [0.5, 0.6) is 0 Å². The number of sulfonamides is 1. The van der Waals surface area contributed by atoms with Gasteiger partial charge in [-0.1, -0.05) is 22.8 Å². The molecule has 0 atom stereocenters. The molecule has 0 aliphatic carbocycles. The van der Waals surface area contributed by atoms with E-state index in [1.54, 1.807) is 13.0 Å². The number of aryl methyl sites for hydroxylation is 2. The van der Waals surface area contributed by atoms with E-state index in [1.165, 1.54) is 19.1 Å². The maximum absolute atomic E-state index is 13.0. The van der Waals surface area contributed by atoms with Crippen molar-refractivity contribution in [3.05, 3.63) is 46.1 Å². The van der Waals surface area contributed by atoms with Gasteiger partial charge in [0.05, 0.1) is 5.02 Å². The molecule has 0 aliphatic rings. The second-order valence-electron chi connectivity index (χ2n) is 4.55. The first-order valence-electron chi connectivity index (χ1n) is 6.17. The highest BCUT2D eigenvalue weighted by molar-refractivity contribution is 7.89. The van der Waals surface area contributed by atoms with E-state index in [4.69, 9.17) is 16.1 Å². The number of nitrogens with one attached hydrogen (secondary N) is 1. The fraction of sp³-hybridized carbons (Fsp3) is 0.308. The summed E-state index contributed by atoms with van der Waals surface area (Å²) in [7, 11) is -3.68. The first kappa shape index (κ1) is 15.9. The maximum Gasteiger partial charge on any atom is 0.245 e. The lowest BCUT2D eigenvalue weighted by molar-refractivity contribution is 0.390. The minimum atomic E-state index is -3.68. The molecule has 0 fully saturated rings. The number of hydrogen-bond acceptors (Lipinski definition) is 4. The number of halogens is 2. The Kier molecular flexibility index (Phi) is 4.65. The molecule has 1 heterocycles. The van der Waals surface area contributed by atoms with Gasteiger partial charge in [-0.3, -0.25) is 0 Å². The average Bonchev–Trinajstić information content (AvgIpc) is 2.74. The van der Waals surface area contributed by atoms with E-state index < -0.39 is 15.8 Å². The maximum atomic E-state index is 13.0. The van der Waals surface area contributed by atoms with Gasteiger partial charge in [-0.2, -0.15) is 0 Å². The number of hydrogen-bond donors (Lipinski definition) is 1. The molecular formula is C13H14ClFN2O3S. The normalized spacial score (nSPS) is 11.8. The lowest BCUT2D eigenvalue weighted by Crippen LogP contribution is -2.26. The van der Waals surface area contributed by atoms with Gasteiger partial charge >= 0.3 is 0 Å². The number of aromatic nitrogens is 1. The van der Waals surface area contributed by atoms with Crippen LogP contribution >= 0.6 is 11.6 Å². The minimum Gasteiger partial charge on any atom is -0.360 e. The van der Waals surface area contributed by atoms with E-state index in [9.17, 15) is 12.8 Å². The molecule has 114 valence electrons. The standard InChI is InChI=1S/C13H14ClFN2O3S/c1-8-13(9(2)20-17-8)21(18,19)16-6-5-10-3-4-12(15)11(14)7-10/h3-4,7,16H,5-6H2,1-2H3. The first-order valence-corrected chi connectivity index (χ1v) is 8.04. The summed E-state index contributed by atoms with van der Waals surface area (Å²) in [6.07, 6.45) is 0.391. The van der Waals surface area contributed by atoms with E-state index in [0.717, 1.165) is 5.56 Å². The molecule has 1 aromatic carbocycles. The van der Waals surface area contributed by atoms with Gasteiger partial charge in [0.1, 0.15) is 16.4 Å². The van der Waals surface area contributed by atoms with Crippen LogP contribution in [0.15, 0.2) is 27.6 Å². The second-order valence-corrected chi connectivity index (χ2v) is 6.66. The topological polar surface area (TPSA) is 72.2 Å². The summed E-state index contributed by atoms with van der Waals surface area (Å²) in [6.45, 7) is 3.26. The van der Waals surface area contributed by atoms with Gasteiger partial charge in [0.25, 0.3) is 0 Å². The summed E-state index contributed by atoms with van der Waals surface area (Å²) in [5, 5.41) is 3.63. The van der Waals surface area contributed by atoms with Crippen molar-refractivity contribution < 1.29 is 17.3 Å². The Morgan fingerprint density at radius 2 is 2.10 bits per heavy atom. The van der Waals surface area contributed by atoms with Crippen LogP contribution in [0.1, 0.15) is 17.0 Å². The van der Waals surface area contributed by atoms with E-state index in [1.807, 2.05) is 0 Å². The second kappa shape index (κ2) is 6.13. The zero-order valence-corrected chi connectivity index (χ0v) is 13.1. The predicted octanol–water partition coefficient (Wildman–Crippen LogP) is 2.60. The number of nitrogens with zero attached hydrogens (tertiary/aromatic N) is 1. The first-order chi connectivity index (χ1) is 9.81. The highest BCUT2D eigenvalue weighted by atomic mass is 35.5. The fourth-order valence-corrected chi connectivity index (χ4v) is 3.52. The molecule has 0 saturated carbocycles. The summed E-state index contributed by atoms with van der Waals surface area (Å²) in [5.41, 5.74) is 1.05. The predicted molar refractivity (Wildman–Crippen MR) is 76.3 cm³/mol. The van der Waals surface area contributed by atoms with Crippen molar-refractivity contribution in [1.29, 1.82) is 0 Å². The summed E-state index contributed by atoms with van der Waals surface area (Å²) in [5.74, 6) is -0.262. The van der Waals surface area contributed by atoms with E-state index in [2.05, 4.69) is 9.88 Å². The van der Waals surface area contributed by atoms with Crippen LogP contribution in [-0.4, -0.2) is 20.1 Å². The van der Waals surface area contributed by atoms with Crippen LogP contribution < -0.4 is 4.72 Å². The fourth-order valence-electron chi connectivity index (χ4n) is 1.96. The molecule has 0 radical (unpaired) electrons. The molecule has 5 nitrogen and oxygen atoms in total. The lowest BCUT2D eigenvalue weighted by Gasteiger charge is -2.06. The van der Waals surface area contributed by atoms with Crippen molar-refractivity contribution in [3.8, 4) is 0 Å². The lowest BCUT2D eigenvalue weighted by atomic mass is 10.1. The smallest absolute Gasteiger partial charge is 0.245 e. The molecule has 0 bridgehead atoms. The molecule has 2 aromatic rings. The molecule has 0 spiro atoms. The Labute approximate surface area is 127 Å². The molecule has 1 N–H and O–H groups in total. The van der Waals surface area contributed by atoms with Crippen LogP contribution in [-0.2, 0) is 16.4 Å². The summed E-state index contributed by atoms with van der Waals surface area (Å²) in [6, 6.07) is 4.28. The molecule has 0 unspecified atom stereocenters. The van der Waals surface area contributed by atoms with E-state index in [-0.39, 0.29) is 22.2 Å². The van der Waals surface area contributed by atoms with E-state index in [0.29, 0.717) is 12.1 Å². The average molecular weight is 333 g/mol. The van der Waals surface area contributed by atoms with Crippen molar-refractivity contribution in [3.63, 3.8) is 0 Å². The van der Waals surface area contributed by atoms with Crippen LogP contribution in [0.25, 0.3) is 0 Å². The Bertz CT molecular complexity index is 739. The van der Waals surface area contributed by atoms with Gasteiger partial charge in [0, 0.05) is 6.54 Å². The van der Waals surface area contributed by atoms with Crippen molar-refractivity contribution >= 4 is 21.6 Å². The zero-order valence-electron chi connectivity index (χ0n) is 11.5. The molecule has 0 saturated heterocycles. The van der Waals surface area contributed by atoms with Crippen LogP contribution in [0, 0.1) is 19.7 Å². The monoisotopic (exact) mass is 332 g/mol. The van der Waals surface area contributed by atoms with E-state index >= 15 is 0 Å². The van der Waals surface area contributed by atoms with Crippen molar-refractivity contribution in [2.45, 2.75) is 25.2 Å². The van der Waals surface area contributed by atoms with Gasteiger partial charge in [-0.15, -0.1) is 0 Å². The number of rotatable bonds is 5. The third-order valence-electron chi connectivity index (χ3n) is 2.93. The summed E-state index contributed by atoms with van der Waals surface area (Å²) >= 11 is 5.67. The zero-order chi connectivity index (χ0) is 15.6. The molecule has 2 rings (SSSR count). The van der Waals surface area contributed by atoms with Gasteiger partial charge in [0.2, 0.25) is 10.0 Å². The van der Waals surface area contributed by atoms with Crippen molar-refractivity contribution in [1.82, 2.24) is 9.88 Å². The Hall–Kier alpha value is -1.44. The summed E-state index contributed by atoms with van der Waals surface area (Å²) in [4.78, 5) is 0.0552. The highest BCUT2D eigenvalue weighted by Crippen LogP contribution is 2.19. The number of benzene rings is 1.